The van der Waals surface area contributed by atoms with Gasteiger partial charge in [-0.2, -0.15) is 5.10 Å². The van der Waals surface area contributed by atoms with Gasteiger partial charge in [-0.3, -0.25) is 4.68 Å². The molecule has 7 heteroatoms. The van der Waals surface area contributed by atoms with Crippen LogP contribution in [0.2, 0.25) is 0 Å². The van der Waals surface area contributed by atoms with Crippen molar-refractivity contribution in [1.29, 1.82) is 0 Å². The second-order valence-electron chi connectivity index (χ2n) is 4.55. The van der Waals surface area contributed by atoms with E-state index in [2.05, 4.69) is 9.82 Å². The van der Waals surface area contributed by atoms with Crippen molar-refractivity contribution < 1.29 is 13.5 Å². The number of aliphatic hydroxyl groups is 1. The third-order valence-electron chi connectivity index (χ3n) is 2.81. The predicted molar refractivity (Wildman–Crippen MR) is 74.5 cm³/mol. The van der Waals surface area contributed by atoms with E-state index in [0.29, 0.717) is 6.42 Å². The molecule has 0 aliphatic carbocycles. The number of aliphatic hydroxyl groups excluding tert-OH is 1. The Morgan fingerprint density at radius 1 is 1.35 bits per heavy atom. The predicted octanol–water partition coefficient (Wildman–Crippen LogP) is 0.302. The molecule has 2 rings (SSSR count). The van der Waals surface area contributed by atoms with Crippen LogP contribution in [0.15, 0.2) is 47.6 Å². The maximum Gasteiger partial charge on any atom is 0.243 e. The van der Waals surface area contributed by atoms with Crippen molar-refractivity contribution in [2.24, 2.45) is 7.05 Å². The van der Waals surface area contributed by atoms with E-state index in [1.807, 2.05) is 30.3 Å². The summed E-state index contributed by atoms with van der Waals surface area (Å²) in [5.74, 6) is 0. The minimum atomic E-state index is -3.62. The van der Waals surface area contributed by atoms with Gasteiger partial charge < -0.3 is 5.11 Å². The lowest BCUT2D eigenvalue weighted by Crippen LogP contribution is -2.33. The zero-order chi connectivity index (χ0) is 14.6. The first-order chi connectivity index (χ1) is 9.47. The minimum Gasteiger partial charge on any atom is -0.391 e. The lowest BCUT2D eigenvalue weighted by atomic mass is 10.1. The Hall–Kier alpha value is -1.70. The van der Waals surface area contributed by atoms with Crippen LogP contribution in [0.4, 0.5) is 0 Å². The van der Waals surface area contributed by atoms with E-state index in [0.717, 1.165) is 5.56 Å². The number of rotatable bonds is 6. The molecular weight excluding hydrogens is 278 g/mol. The van der Waals surface area contributed by atoms with E-state index in [1.165, 1.54) is 17.1 Å². The summed E-state index contributed by atoms with van der Waals surface area (Å²) in [5.41, 5.74) is 0.959. The molecule has 0 unspecified atom stereocenters. The van der Waals surface area contributed by atoms with Gasteiger partial charge >= 0.3 is 0 Å². The molecule has 0 bridgehead atoms. The number of hydrogen-bond acceptors (Lipinski definition) is 4. The number of aromatic nitrogens is 2. The van der Waals surface area contributed by atoms with Gasteiger partial charge in [0, 0.05) is 19.8 Å². The third-order valence-corrected chi connectivity index (χ3v) is 4.19. The van der Waals surface area contributed by atoms with Crippen molar-refractivity contribution in [3.8, 4) is 0 Å². The number of sulfonamides is 1. The average molecular weight is 295 g/mol. The Morgan fingerprint density at radius 3 is 2.65 bits per heavy atom. The monoisotopic (exact) mass is 295 g/mol. The Balaban J connectivity index is 1.91. The fourth-order valence-corrected chi connectivity index (χ4v) is 2.84. The summed E-state index contributed by atoms with van der Waals surface area (Å²) in [7, 11) is -1.98. The molecule has 108 valence electrons. The zero-order valence-corrected chi connectivity index (χ0v) is 11.9. The normalized spacial score (nSPS) is 13.3. The summed E-state index contributed by atoms with van der Waals surface area (Å²) in [6.45, 7) is -0.0356. The van der Waals surface area contributed by atoms with Crippen molar-refractivity contribution in [2.75, 3.05) is 6.54 Å². The minimum absolute atomic E-state index is 0.0356. The molecule has 0 saturated heterocycles. The smallest absolute Gasteiger partial charge is 0.243 e. The number of hydrogen-bond donors (Lipinski definition) is 2. The van der Waals surface area contributed by atoms with Crippen LogP contribution in [0, 0.1) is 0 Å². The van der Waals surface area contributed by atoms with Crippen molar-refractivity contribution in [3.05, 3.63) is 48.3 Å². The Kier molecular flexibility index (Phi) is 4.53. The maximum atomic E-state index is 11.9. The average Bonchev–Trinajstić information content (AvgIpc) is 2.85. The van der Waals surface area contributed by atoms with Crippen molar-refractivity contribution in [3.63, 3.8) is 0 Å². The molecule has 6 nitrogen and oxygen atoms in total. The molecule has 0 amide bonds. The van der Waals surface area contributed by atoms with E-state index in [9.17, 15) is 13.5 Å². The zero-order valence-electron chi connectivity index (χ0n) is 11.1. The number of aryl methyl sites for hydroxylation is 1. The van der Waals surface area contributed by atoms with Crippen LogP contribution >= 0.6 is 0 Å². The summed E-state index contributed by atoms with van der Waals surface area (Å²) in [6, 6.07) is 9.42. The van der Waals surface area contributed by atoms with Crippen molar-refractivity contribution >= 4 is 10.0 Å². The van der Waals surface area contributed by atoms with Gasteiger partial charge in [-0.25, -0.2) is 13.1 Å². The van der Waals surface area contributed by atoms with E-state index < -0.39 is 16.1 Å². The lowest BCUT2D eigenvalue weighted by molar-refractivity contribution is 0.179. The van der Waals surface area contributed by atoms with Crippen molar-refractivity contribution in [1.82, 2.24) is 14.5 Å². The van der Waals surface area contributed by atoms with Crippen LogP contribution in [-0.4, -0.2) is 36.0 Å². The standard InChI is InChI=1S/C13H17N3O3S/c1-16-10-13(9-14-16)20(18,19)15-8-12(17)7-11-5-3-2-4-6-11/h2-6,9-10,12,15,17H,7-8H2,1H3/t12-/m1/s1. The highest BCUT2D eigenvalue weighted by Crippen LogP contribution is 2.07. The van der Waals surface area contributed by atoms with Gasteiger partial charge in [0.1, 0.15) is 4.90 Å². The summed E-state index contributed by atoms with van der Waals surface area (Å²) in [5, 5.41) is 13.7. The quantitative estimate of drug-likeness (QED) is 0.803. The molecule has 0 radical (unpaired) electrons. The first-order valence-corrected chi connectivity index (χ1v) is 7.66. The molecule has 0 spiro atoms. The van der Waals surface area contributed by atoms with Crippen molar-refractivity contribution in [2.45, 2.75) is 17.4 Å². The molecule has 1 atom stereocenters. The molecule has 0 aliphatic rings. The van der Waals surface area contributed by atoms with Crippen LogP contribution < -0.4 is 4.72 Å². The highest BCUT2D eigenvalue weighted by Gasteiger charge is 2.17. The van der Waals surface area contributed by atoms with Crippen LogP contribution in [0.1, 0.15) is 5.56 Å². The third kappa shape index (κ3) is 3.89. The van der Waals surface area contributed by atoms with Gasteiger partial charge in [0.25, 0.3) is 0 Å². The van der Waals surface area contributed by atoms with Gasteiger partial charge in [-0.1, -0.05) is 30.3 Å². The Morgan fingerprint density at radius 2 is 2.05 bits per heavy atom. The molecule has 1 heterocycles. The number of benzene rings is 1. The molecular formula is C13H17N3O3S. The molecule has 2 N–H and O–H groups in total. The molecule has 0 aliphatic heterocycles. The molecule has 1 aromatic carbocycles. The van der Waals surface area contributed by atoms with E-state index in [-0.39, 0.29) is 11.4 Å². The Bertz CT molecular complexity index is 653. The first-order valence-electron chi connectivity index (χ1n) is 6.18. The van der Waals surface area contributed by atoms with Gasteiger partial charge in [-0.15, -0.1) is 0 Å². The Labute approximate surface area is 118 Å². The topological polar surface area (TPSA) is 84.2 Å². The summed E-state index contributed by atoms with van der Waals surface area (Å²) < 4.78 is 27.6. The highest BCUT2D eigenvalue weighted by molar-refractivity contribution is 7.89. The van der Waals surface area contributed by atoms with Crippen LogP contribution in [0.5, 0.6) is 0 Å². The molecule has 1 aromatic heterocycles. The van der Waals surface area contributed by atoms with Crippen LogP contribution in [0.3, 0.4) is 0 Å². The fraction of sp³-hybridized carbons (Fsp3) is 0.308. The van der Waals surface area contributed by atoms with Crippen LogP contribution in [-0.2, 0) is 23.5 Å². The summed E-state index contributed by atoms with van der Waals surface area (Å²) >= 11 is 0. The lowest BCUT2D eigenvalue weighted by Gasteiger charge is -2.11. The van der Waals surface area contributed by atoms with Crippen LogP contribution in [0.25, 0.3) is 0 Å². The molecule has 2 aromatic rings. The maximum absolute atomic E-state index is 11.9. The van der Waals surface area contributed by atoms with E-state index in [4.69, 9.17) is 0 Å². The van der Waals surface area contributed by atoms with E-state index >= 15 is 0 Å². The molecule has 20 heavy (non-hydrogen) atoms. The molecule has 0 saturated carbocycles. The highest BCUT2D eigenvalue weighted by atomic mass is 32.2. The van der Waals surface area contributed by atoms with Gasteiger partial charge in [0.05, 0.1) is 12.3 Å². The second kappa shape index (κ2) is 6.17. The summed E-state index contributed by atoms with van der Waals surface area (Å²) in [4.78, 5) is 0.0897. The summed E-state index contributed by atoms with van der Waals surface area (Å²) in [6.07, 6.45) is 2.30. The van der Waals surface area contributed by atoms with E-state index in [1.54, 1.807) is 7.05 Å². The van der Waals surface area contributed by atoms with Gasteiger partial charge in [0.2, 0.25) is 10.0 Å². The van der Waals surface area contributed by atoms with Gasteiger partial charge in [-0.05, 0) is 12.0 Å². The fourth-order valence-electron chi connectivity index (χ4n) is 1.79. The number of nitrogens with zero attached hydrogens (tertiary/aromatic N) is 2. The van der Waals surface area contributed by atoms with Gasteiger partial charge in [0.15, 0.2) is 0 Å². The molecule has 0 fully saturated rings. The SMILES string of the molecule is Cn1cc(S(=O)(=O)NC[C@H](O)Cc2ccccc2)cn1. The second-order valence-corrected chi connectivity index (χ2v) is 6.31. The number of nitrogens with one attached hydrogen (secondary N) is 1. The first kappa shape index (κ1) is 14.7. The largest absolute Gasteiger partial charge is 0.391 e.